The van der Waals surface area contributed by atoms with Crippen LogP contribution in [0.25, 0.3) is 0 Å². The second-order valence-corrected chi connectivity index (χ2v) is 6.05. The first-order valence-corrected chi connectivity index (χ1v) is 7.04. The average molecular weight is 275 g/mol. The summed E-state index contributed by atoms with van der Waals surface area (Å²) in [5, 5.41) is 1.51. The van der Waals surface area contributed by atoms with Crippen molar-refractivity contribution in [3.63, 3.8) is 0 Å². The van der Waals surface area contributed by atoms with E-state index in [9.17, 15) is 0 Å². The van der Waals surface area contributed by atoms with Crippen LogP contribution in [0, 0.1) is 5.92 Å². The summed E-state index contributed by atoms with van der Waals surface area (Å²) in [6, 6.07) is 0.391. The SMILES string of the molecule is CC1CC(Cl)=C(Cl)C=C1CN1CCC(N)CC1. The molecule has 0 aromatic heterocycles. The number of halogens is 2. The van der Waals surface area contributed by atoms with E-state index in [2.05, 4.69) is 11.8 Å². The van der Waals surface area contributed by atoms with Crippen molar-refractivity contribution in [1.29, 1.82) is 0 Å². The normalized spacial score (nSPS) is 28.5. The number of likely N-dealkylation sites (tertiary alicyclic amines) is 1. The third-order valence-electron chi connectivity index (χ3n) is 3.73. The summed E-state index contributed by atoms with van der Waals surface area (Å²) in [6.07, 6.45) is 5.13. The Hall–Kier alpha value is -0.0200. The summed E-state index contributed by atoms with van der Waals surface area (Å²) in [6.45, 7) is 5.42. The molecule has 2 N–H and O–H groups in total. The number of piperidine rings is 1. The maximum Gasteiger partial charge on any atom is 0.0551 e. The first kappa shape index (κ1) is 13.4. The predicted molar refractivity (Wildman–Crippen MR) is 74.2 cm³/mol. The van der Waals surface area contributed by atoms with Crippen LogP contribution in [0.4, 0.5) is 0 Å². The molecule has 1 atom stereocenters. The van der Waals surface area contributed by atoms with Crippen molar-refractivity contribution in [1.82, 2.24) is 4.90 Å². The standard InChI is InChI=1S/C13H20Cl2N2/c1-9-6-12(14)13(15)7-10(9)8-17-4-2-11(16)3-5-17/h7,9,11H,2-6,8,16H2,1H3. The summed E-state index contributed by atoms with van der Waals surface area (Å²) in [5.74, 6) is 0.501. The smallest absolute Gasteiger partial charge is 0.0551 e. The molecule has 0 spiro atoms. The summed E-state index contributed by atoms with van der Waals surface area (Å²) >= 11 is 12.2. The topological polar surface area (TPSA) is 29.3 Å². The average Bonchev–Trinajstić information content (AvgIpc) is 2.29. The molecular weight excluding hydrogens is 255 g/mol. The van der Waals surface area contributed by atoms with E-state index in [0.29, 0.717) is 17.0 Å². The van der Waals surface area contributed by atoms with Gasteiger partial charge in [0, 0.05) is 17.6 Å². The molecule has 1 fully saturated rings. The van der Waals surface area contributed by atoms with E-state index in [1.54, 1.807) is 0 Å². The van der Waals surface area contributed by atoms with Crippen LogP contribution >= 0.6 is 23.2 Å². The van der Waals surface area contributed by atoms with Gasteiger partial charge in [-0.05, 0) is 44.3 Å². The van der Waals surface area contributed by atoms with Crippen LogP contribution in [0.2, 0.25) is 0 Å². The molecule has 96 valence electrons. The highest BCUT2D eigenvalue weighted by Crippen LogP contribution is 2.33. The van der Waals surface area contributed by atoms with Gasteiger partial charge >= 0.3 is 0 Å². The Morgan fingerprint density at radius 1 is 1.35 bits per heavy atom. The highest BCUT2D eigenvalue weighted by molar-refractivity contribution is 6.40. The van der Waals surface area contributed by atoms with Crippen molar-refractivity contribution in [2.45, 2.75) is 32.2 Å². The van der Waals surface area contributed by atoms with Gasteiger partial charge < -0.3 is 5.73 Å². The molecule has 1 unspecified atom stereocenters. The third kappa shape index (κ3) is 3.47. The summed E-state index contributed by atoms with van der Waals surface area (Å²) in [5.41, 5.74) is 7.31. The summed E-state index contributed by atoms with van der Waals surface area (Å²) in [7, 11) is 0. The number of nitrogens with two attached hydrogens (primary N) is 1. The van der Waals surface area contributed by atoms with E-state index >= 15 is 0 Å². The molecule has 0 radical (unpaired) electrons. The van der Waals surface area contributed by atoms with E-state index in [1.165, 1.54) is 5.57 Å². The first-order chi connectivity index (χ1) is 8.06. The zero-order valence-corrected chi connectivity index (χ0v) is 11.8. The molecule has 0 aromatic rings. The van der Waals surface area contributed by atoms with Crippen molar-refractivity contribution >= 4 is 23.2 Å². The Morgan fingerprint density at radius 3 is 2.65 bits per heavy atom. The second-order valence-electron chi connectivity index (χ2n) is 5.19. The van der Waals surface area contributed by atoms with Crippen LogP contribution in [0.5, 0.6) is 0 Å². The Balaban J connectivity index is 1.96. The molecule has 0 aromatic carbocycles. The number of nitrogens with zero attached hydrogens (tertiary/aromatic N) is 1. The summed E-state index contributed by atoms with van der Waals surface area (Å²) in [4.78, 5) is 2.47. The minimum Gasteiger partial charge on any atom is -0.328 e. The zero-order valence-electron chi connectivity index (χ0n) is 10.3. The van der Waals surface area contributed by atoms with Gasteiger partial charge in [-0.15, -0.1) is 0 Å². The highest BCUT2D eigenvalue weighted by Gasteiger charge is 2.22. The van der Waals surface area contributed by atoms with Crippen LogP contribution in [0.3, 0.4) is 0 Å². The predicted octanol–water partition coefficient (Wildman–Crippen LogP) is 3.06. The van der Waals surface area contributed by atoms with E-state index < -0.39 is 0 Å². The van der Waals surface area contributed by atoms with Crippen LogP contribution < -0.4 is 5.73 Å². The number of rotatable bonds is 2. The summed E-state index contributed by atoms with van der Waals surface area (Å²) < 4.78 is 0. The molecule has 0 bridgehead atoms. The first-order valence-electron chi connectivity index (χ1n) is 6.29. The monoisotopic (exact) mass is 274 g/mol. The van der Waals surface area contributed by atoms with E-state index in [0.717, 1.165) is 43.9 Å². The minimum atomic E-state index is 0.391. The lowest BCUT2D eigenvalue weighted by molar-refractivity contribution is 0.224. The maximum atomic E-state index is 6.10. The van der Waals surface area contributed by atoms with Crippen molar-refractivity contribution in [2.24, 2.45) is 11.7 Å². The molecule has 17 heavy (non-hydrogen) atoms. The van der Waals surface area contributed by atoms with E-state index in [1.807, 2.05) is 6.08 Å². The Labute approximate surface area is 113 Å². The maximum absolute atomic E-state index is 6.10. The molecule has 0 saturated carbocycles. The molecule has 1 aliphatic heterocycles. The Morgan fingerprint density at radius 2 is 2.00 bits per heavy atom. The molecule has 2 aliphatic rings. The van der Waals surface area contributed by atoms with Crippen LogP contribution in [0.15, 0.2) is 21.7 Å². The lowest BCUT2D eigenvalue weighted by Gasteiger charge is -2.33. The number of allylic oxidation sites excluding steroid dienone is 3. The van der Waals surface area contributed by atoms with E-state index in [4.69, 9.17) is 28.9 Å². The van der Waals surface area contributed by atoms with Crippen molar-refractivity contribution < 1.29 is 0 Å². The fourth-order valence-corrected chi connectivity index (χ4v) is 2.95. The molecule has 4 heteroatoms. The van der Waals surface area contributed by atoms with Gasteiger partial charge in [0.25, 0.3) is 0 Å². The highest BCUT2D eigenvalue weighted by atomic mass is 35.5. The van der Waals surface area contributed by atoms with Gasteiger partial charge in [0.2, 0.25) is 0 Å². The largest absolute Gasteiger partial charge is 0.328 e. The lowest BCUT2D eigenvalue weighted by atomic mass is 9.92. The fraction of sp³-hybridized carbons (Fsp3) is 0.692. The van der Waals surface area contributed by atoms with E-state index in [-0.39, 0.29) is 0 Å². The fourth-order valence-electron chi connectivity index (χ4n) is 2.45. The number of hydrogen-bond acceptors (Lipinski definition) is 2. The molecule has 0 amide bonds. The molecule has 1 saturated heterocycles. The van der Waals surface area contributed by atoms with Gasteiger partial charge in [-0.2, -0.15) is 0 Å². The van der Waals surface area contributed by atoms with Gasteiger partial charge in [0.15, 0.2) is 0 Å². The quantitative estimate of drug-likeness (QED) is 0.839. The Bertz CT molecular complexity index is 341. The van der Waals surface area contributed by atoms with Crippen molar-refractivity contribution in [2.75, 3.05) is 19.6 Å². The van der Waals surface area contributed by atoms with Crippen molar-refractivity contribution in [3.05, 3.63) is 21.7 Å². The van der Waals surface area contributed by atoms with Gasteiger partial charge in [-0.25, -0.2) is 0 Å². The van der Waals surface area contributed by atoms with Gasteiger partial charge in [-0.3, -0.25) is 4.90 Å². The van der Waals surface area contributed by atoms with Crippen LogP contribution in [-0.4, -0.2) is 30.6 Å². The Kier molecular flexibility index (Phi) is 4.53. The number of hydrogen-bond donors (Lipinski definition) is 1. The lowest BCUT2D eigenvalue weighted by Crippen LogP contribution is -2.41. The molecule has 1 heterocycles. The van der Waals surface area contributed by atoms with Crippen molar-refractivity contribution in [3.8, 4) is 0 Å². The van der Waals surface area contributed by atoms with Gasteiger partial charge in [0.1, 0.15) is 0 Å². The second kappa shape index (κ2) is 5.75. The van der Waals surface area contributed by atoms with Gasteiger partial charge in [-0.1, -0.05) is 35.7 Å². The molecular formula is C13H20Cl2N2. The molecule has 2 rings (SSSR count). The third-order valence-corrected chi connectivity index (χ3v) is 4.52. The molecule has 2 nitrogen and oxygen atoms in total. The van der Waals surface area contributed by atoms with Crippen LogP contribution in [0.1, 0.15) is 26.2 Å². The van der Waals surface area contributed by atoms with Gasteiger partial charge in [0.05, 0.1) is 5.03 Å². The minimum absolute atomic E-state index is 0.391. The van der Waals surface area contributed by atoms with Crippen LogP contribution in [-0.2, 0) is 0 Å². The zero-order chi connectivity index (χ0) is 12.4. The molecule has 1 aliphatic carbocycles.